The van der Waals surface area contributed by atoms with Crippen molar-refractivity contribution in [2.45, 2.75) is 5.33 Å². The smallest absolute Gasteiger partial charge is 0.292 e. The van der Waals surface area contributed by atoms with Crippen molar-refractivity contribution in [3.05, 3.63) is 28.2 Å². The highest BCUT2D eigenvalue weighted by Crippen LogP contribution is 2.29. The van der Waals surface area contributed by atoms with Crippen molar-refractivity contribution in [1.29, 1.82) is 0 Å². The van der Waals surface area contributed by atoms with E-state index in [9.17, 15) is 4.57 Å². The van der Waals surface area contributed by atoms with Gasteiger partial charge in [-0.1, -0.05) is 22.0 Å². The second kappa shape index (κ2) is 5.81. The largest absolute Gasteiger partial charge is 0.550 e. The molecule has 0 aromatic heterocycles. The molecule has 1 rings (SSSR count). The Kier molecular flexibility index (Phi) is 5.02. The van der Waals surface area contributed by atoms with E-state index in [1.165, 1.54) is 6.66 Å². The summed E-state index contributed by atoms with van der Waals surface area (Å²) in [6, 6.07) is 5.54. The summed E-state index contributed by atoms with van der Waals surface area (Å²) in [4.78, 5) is 4.85. The summed E-state index contributed by atoms with van der Waals surface area (Å²) in [5.41, 5.74) is 1.12. The molecular formula is C8H8Br2O3P+. The van der Waals surface area contributed by atoms with E-state index in [2.05, 4.69) is 36.5 Å². The molecule has 0 aliphatic carbocycles. The molecule has 0 amide bonds. The van der Waals surface area contributed by atoms with Gasteiger partial charge in [0.25, 0.3) is 0 Å². The molecule has 0 radical (unpaired) electrons. The molecule has 14 heavy (non-hydrogen) atoms. The van der Waals surface area contributed by atoms with E-state index in [1.54, 1.807) is 6.07 Å². The van der Waals surface area contributed by atoms with Crippen LogP contribution in [0.25, 0.3) is 0 Å². The zero-order chi connectivity index (χ0) is 10.6. The minimum Gasteiger partial charge on any atom is -0.292 e. The second-order valence-corrected chi connectivity index (χ2v) is 4.94. The normalized spacial score (nSPS) is 11.2. The van der Waals surface area contributed by atoms with E-state index in [-0.39, 0.29) is 0 Å². The SMILES string of the molecule is C[P+](=O)OOc1ccc(CBr)cc1Br. The van der Waals surface area contributed by atoms with Crippen LogP contribution in [0, 0.1) is 0 Å². The molecule has 0 fully saturated rings. The molecule has 0 aliphatic heterocycles. The van der Waals surface area contributed by atoms with Crippen LogP contribution in [0.1, 0.15) is 5.56 Å². The zero-order valence-corrected chi connectivity index (χ0v) is 11.4. The predicted molar refractivity (Wildman–Crippen MR) is 62.0 cm³/mol. The number of benzene rings is 1. The van der Waals surface area contributed by atoms with E-state index in [4.69, 9.17) is 4.89 Å². The molecular weight excluding hydrogens is 335 g/mol. The fourth-order valence-electron chi connectivity index (χ4n) is 0.788. The Labute approximate surface area is 99.8 Å². The molecule has 6 heteroatoms. The van der Waals surface area contributed by atoms with Crippen LogP contribution in [-0.2, 0) is 14.6 Å². The topological polar surface area (TPSA) is 35.5 Å². The van der Waals surface area contributed by atoms with Crippen molar-refractivity contribution < 1.29 is 14.1 Å². The van der Waals surface area contributed by atoms with Crippen LogP contribution in [0.2, 0.25) is 0 Å². The average molecular weight is 343 g/mol. The maximum atomic E-state index is 10.6. The Morgan fingerprint density at radius 2 is 2.21 bits per heavy atom. The second-order valence-electron chi connectivity index (χ2n) is 2.50. The molecule has 1 atom stereocenters. The molecule has 0 saturated carbocycles. The molecule has 0 saturated heterocycles. The van der Waals surface area contributed by atoms with Crippen LogP contribution in [0.15, 0.2) is 22.7 Å². The fraction of sp³-hybridized carbons (Fsp3) is 0.250. The standard InChI is InChI=1S/C8H8Br2O3P/c1-14(11)13-12-8-3-2-6(5-9)4-7(8)10/h2-4H,5H2,1H3/q+1. The summed E-state index contributed by atoms with van der Waals surface area (Å²) in [7, 11) is -1.75. The third-order valence-electron chi connectivity index (χ3n) is 1.38. The highest BCUT2D eigenvalue weighted by atomic mass is 79.9. The molecule has 0 heterocycles. The van der Waals surface area contributed by atoms with Gasteiger partial charge in [-0.3, -0.25) is 4.89 Å². The lowest BCUT2D eigenvalue weighted by Gasteiger charge is -2.01. The molecule has 0 bridgehead atoms. The van der Waals surface area contributed by atoms with Crippen LogP contribution in [0.3, 0.4) is 0 Å². The maximum Gasteiger partial charge on any atom is 0.550 e. The van der Waals surface area contributed by atoms with Crippen molar-refractivity contribution >= 4 is 39.9 Å². The van der Waals surface area contributed by atoms with E-state index < -0.39 is 8.03 Å². The number of rotatable bonds is 4. The Morgan fingerprint density at radius 1 is 1.50 bits per heavy atom. The fourth-order valence-corrected chi connectivity index (χ4v) is 1.81. The lowest BCUT2D eigenvalue weighted by Crippen LogP contribution is -1.90. The number of alkyl halides is 1. The number of halogens is 2. The average Bonchev–Trinajstić information content (AvgIpc) is 2.15. The minimum absolute atomic E-state index is 0.514. The van der Waals surface area contributed by atoms with Gasteiger partial charge in [0.05, 0.1) is 9.15 Å². The van der Waals surface area contributed by atoms with E-state index in [1.807, 2.05) is 12.1 Å². The summed E-state index contributed by atoms with van der Waals surface area (Å²) in [6.07, 6.45) is 0. The van der Waals surface area contributed by atoms with Gasteiger partial charge in [0.2, 0.25) is 0 Å². The van der Waals surface area contributed by atoms with Crippen molar-refractivity contribution in [3.63, 3.8) is 0 Å². The van der Waals surface area contributed by atoms with Crippen LogP contribution < -0.4 is 4.89 Å². The molecule has 1 aromatic carbocycles. The van der Waals surface area contributed by atoms with E-state index in [0.717, 1.165) is 15.4 Å². The lowest BCUT2D eigenvalue weighted by atomic mass is 10.2. The monoisotopic (exact) mass is 341 g/mol. The summed E-state index contributed by atoms with van der Waals surface area (Å²) in [6.45, 7) is 1.43. The van der Waals surface area contributed by atoms with Gasteiger partial charge >= 0.3 is 8.03 Å². The van der Waals surface area contributed by atoms with Crippen LogP contribution in [0.4, 0.5) is 0 Å². The molecule has 0 aliphatic rings. The van der Waals surface area contributed by atoms with Crippen molar-refractivity contribution in [2.24, 2.45) is 0 Å². The first kappa shape index (κ1) is 12.1. The van der Waals surface area contributed by atoms with E-state index in [0.29, 0.717) is 5.75 Å². The van der Waals surface area contributed by atoms with Gasteiger partial charge < -0.3 is 0 Å². The van der Waals surface area contributed by atoms with Gasteiger partial charge in [-0.15, -0.1) is 0 Å². The molecule has 76 valence electrons. The molecule has 0 N–H and O–H groups in total. The van der Waals surface area contributed by atoms with Gasteiger partial charge in [-0.05, 0) is 38.2 Å². The minimum atomic E-state index is -1.75. The Hall–Kier alpha value is 0.0400. The van der Waals surface area contributed by atoms with Crippen molar-refractivity contribution in [2.75, 3.05) is 6.66 Å². The quantitative estimate of drug-likeness (QED) is 0.359. The summed E-state index contributed by atoms with van der Waals surface area (Å²) < 4.78 is 15.9. The van der Waals surface area contributed by atoms with Gasteiger partial charge in [-0.2, -0.15) is 0 Å². The molecule has 3 nitrogen and oxygen atoms in total. The van der Waals surface area contributed by atoms with Crippen molar-refractivity contribution in [1.82, 2.24) is 0 Å². The summed E-state index contributed by atoms with van der Waals surface area (Å²) in [5.74, 6) is 0.514. The zero-order valence-electron chi connectivity index (χ0n) is 7.37. The third kappa shape index (κ3) is 3.65. The number of hydrogen-bond acceptors (Lipinski definition) is 3. The van der Waals surface area contributed by atoms with Crippen LogP contribution in [0.5, 0.6) is 5.75 Å². The summed E-state index contributed by atoms with van der Waals surface area (Å²) >= 11 is 6.66. The van der Waals surface area contributed by atoms with Crippen LogP contribution in [-0.4, -0.2) is 6.66 Å². The predicted octanol–water partition coefficient (Wildman–Crippen LogP) is 4.03. The third-order valence-corrected chi connectivity index (χ3v) is 2.93. The Morgan fingerprint density at radius 3 is 2.71 bits per heavy atom. The molecule has 1 aromatic rings. The Bertz CT molecular complexity index is 343. The Balaban J connectivity index is 2.73. The first-order chi connectivity index (χ1) is 6.63. The van der Waals surface area contributed by atoms with Crippen molar-refractivity contribution in [3.8, 4) is 5.75 Å². The van der Waals surface area contributed by atoms with Gasteiger partial charge in [0.1, 0.15) is 0 Å². The van der Waals surface area contributed by atoms with E-state index >= 15 is 0 Å². The maximum absolute atomic E-state index is 10.6. The highest BCUT2D eigenvalue weighted by molar-refractivity contribution is 9.10. The van der Waals surface area contributed by atoms with Gasteiger partial charge in [-0.25, -0.2) is 0 Å². The van der Waals surface area contributed by atoms with Gasteiger partial charge in [0, 0.05) is 5.33 Å². The number of hydrogen-bond donors (Lipinski definition) is 0. The highest BCUT2D eigenvalue weighted by Gasteiger charge is 2.11. The first-order valence-corrected chi connectivity index (χ1v) is 7.27. The first-order valence-electron chi connectivity index (χ1n) is 3.73. The van der Waals surface area contributed by atoms with Gasteiger partial charge in [0.15, 0.2) is 12.4 Å². The summed E-state index contributed by atoms with van der Waals surface area (Å²) in [5, 5.41) is 0.773. The van der Waals surface area contributed by atoms with Crippen LogP contribution >= 0.6 is 39.9 Å². The molecule has 0 spiro atoms. The lowest BCUT2D eigenvalue weighted by molar-refractivity contribution is -0.0916. The molecule has 1 unspecified atom stereocenters.